The van der Waals surface area contributed by atoms with Crippen LogP contribution in [0, 0.1) is 0 Å². The highest BCUT2D eigenvalue weighted by Crippen LogP contribution is 2.48. The van der Waals surface area contributed by atoms with E-state index >= 15 is 0 Å². The maximum absolute atomic E-state index is 6.77. The number of hydrogen-bond acceptors (Lipinski definition) is 3. The van der Waals surface area contributed by atoms with E-state index < -0.39 is 0 Å². The number of nitrogens with zero attached hydrogens (tertiary/aromatic N) is 1. The van der Waals surface area contributed by atoms with Crippen LogP contribution >= 0.6 is 11.3 Å². The van der Waals surface area contributed by atoms with Gasteiger partial charge in [-0.2, -0.15) is 0 Å². The molecule has 8 aromatic carbocycles. The second-order valence-electron chi connectivity index (χ2n) is 12.1. The molecule has 0 fully saturated rings. The summed E-state index contributed by atoms with van der Waals surface area (Å²) in [6.07, 6.45) is 0. The first-order chi connectivity index (χ1) is 23.3. The summed E-state index contributed by atoms with van der Waals surface area (Å²) in [6, 6.07) is 58.9. The van der Waals surface area contributed by atoms with Crippen LogP contribution in [0.1, 0.15) is 0 Å². The first-order valence-corrected chi connectivity index (χ1v) is 16.7. The van der Waals surface area contributed by atoms with Crippen LogP contribution in [0.2, 0.25) is 0 Å². The van der Waals surface area contributed by atoms with Gasteiger partial charge in [0.1, 0.15) is 11.2 Å². The third-order valence-corrected chi connectivity index (χ3v) is 10.5. The second-order valence-corrected chi connectivity index (χ2v) is 13.2. The molecule has 2 heterocycles. The van der Waals surface area contributed by atoms with Gasteiger partial charge in [-0.3, -0.25) is 0 Å². The van der Waals surface area contributed by atoms with E-state index in [1.54, 1.807) is 0 Å². The monoisotopic (exact) mass is 617 g/mol. The van der Waals surface area contributed by atoms with Crippen molar-refractivity contribution in [3.63, 3.8) is 0 Å². The Morgan fingerprint density at radius 1 is 0.447 bits per heavy atom. The summed E-state index contributed by atoms with van der Waals surface area (Å²) < 4.78 is 9.24. The van der Waals surface area contributed by atoms with Gasteiger partial charge in [0.2, 0.25) is 0 Å². The fourth-order valence-corrected chi connectivity index (χ4v) is 8.39. The minimum Gasteiger partial charge on any atom is -0.455 e. The first kappa shape index (κ1) is 26.3. The number of anilines is 3. The summed E-state index contributed by atoms with van der Waals surface area (Å²) >= 11 is 1.83. The first-order valence-electron chi connectivity index (χ1n) is 15.9. The summed E-state index contributed by atoms with van der Waals surface area (Å²) in [4.78, 5) is 2.39. The lowest BCUT2D eigenvalue weighted by Crippen LogP contribution is -2.10. The summed E-state index contributed by atoms with van der Waals surface area (Å²) in [5, 5.41) is 9.62. The van der Waals surface area contributed by atoms with Crippen LogP contribution in [-0.2, 0) is 0 Å². The molecule has 0 aliphatic rings. The number of hydrogen-bond donors (Lipinski definition) is 0. The molecule has 10 aromatic rings. The molecule has 0 unspecified atom stereocenters. The molecular formula is C44H27NOS. The zero-order valence-electron chi connectivity index (χ0n) is 25.4. The molecule has 0 spiro atoms. The van der Waals surface area contributed by atoms with Crippen LogP contribution < -0.4 is 4.90 Å². The molecule has 2 nitrogen and oxygen atoms in total. The van der Waals surface area contributed by atoms with Crippen molar-refractivity contribution in [3.8, 4) is 11.1 Å². The number of fused-ring (bicyclic) bond motifs is 9. The predicted octanol–water partition coefficient (Wildman–Crippen LogP) is 13.4. The molecule has 0 aliphatic heterocycles. The van der Waals surface area contributed by atoms with Crippen molar-refractivity contribution in [2.45, 2.75) is 0 Å². The summed E-state index contributed by atoms with van der Waals surface area (Å²) in [5.41, 5.74) is 7.67. The standard InChI is InChI=1S/C44H27NOS/c1-2-14-32(15-3-1)45(33-22-20-29(21-23-33)35-17-8-13-28-10-6-7-16-34(28)35)38-18-9-19-40-42(38)43-41(47-40)25-24-36-37-26-30-11-4-5-12-31(30)27-39(37)46-44(36)43/h1-27H. The van der Waals surface area contributed by atoms with E-state index in [0.717, 1.165) is 39.0 Å². The molecule has 0 N–H and O–H groups in total. The SMILES string of the molecule is c1ccc(N(c2ccc(-c3cccc4ccccc34)cc2)c2cccc3sc4ccc5c6cc7ccccc7cc6oc5c4c23)cc1. The van der Waals surface area contributed by atoms with E-state index in [9.17, 15) is 0 Å². The number of thiophene rings is 1. The number of furan rings is 1. The molecule has 0 bridgehead atoms. The number of para-hydroxylation sites is 1. The lowest BCUT2D eigenvalue weighted by Gasteiger charge is -2.26. The van der Waals surface area contributed by atoms with Crippen molar-refractivity contribution in [1.29, 1.82) is 0 Å². The molecule has 0 saturated carbocycles. The van der Waals surface area contributed by atoms with Gasteiger partial charge in [-0.25, -0.2) is 0 Å². The fourth-order valence-electron chi connectivity index (χ4n) is 7.26. The Hall–Kier alpha value is -5.90. The maximum Gasteiger partial charge on any atom is 0.144 e. The molecule has 47 heavy (non-hydrogen) atoms. The van der Waals surface area contributed by atoms with E-state index in [1.165, 1.54) is 52.8 Å². The third-order valence-electron chi connectivity index (χ3n) is 9.43. The molecule has 0 aliphatic carbocycles. The Morgan fingerprint density at radius 3 is 1.98 bits per heavy atom. The second kappa shape index (κ2) is 10.3. The minimum atomic E-state index is 0.923. The van der Waals surface area contributed by atoms with Crippen molar-refractivity contribution in [1.82, 2.24) is 0 Å². The van der Waals surface area contributed by atoms with E-state index in [4.69, 9.17) is 4.42 Å². The topological polar surface area (TPSA) is 16.4 Å². The molecular weight excluding hydrogens is 591 g/mol. The Balaban J connectivity index is 1.21. The van der Waals surface area contributed by atoms with Crippen LogP contribution in [0.15, 0.2) is 168 Å². The summed E-state index contributed by atoms with van der Waals surface area (Å²) in [6.45, 7) is 0. The van der Waals surface area contributed by atoms with Gasteiger partial charge in [-0.15, -0.1) is 11.3 Å². The molecule has 3 heteroatoms. The van der Waals surface area contributed by atoms with E-state index in [0.29, 0.717) is 0 Å². The van der Waals surface area contributed by atoms with Gasteiger partial charge in [-0.1, -0.05) is 103 Å². The molecule has 2 aromatic heterocycles. The predicted molar refractivity (Wildman–Crippen MR) is 202 cm³/mol. The smallest absolute Gasteiger partial charge is 0.144 e. The lowest BCUT2D eigenvalue weighted by molar-refractivity contribution is 0.673. The van der Waals surface area contributed by atoms with Crippen molar-refractivity contribution in [3.05, 3.63) is 164 Å². The van der Waals surface area contributed by atoms with Crippen LogP contribution in [0.25, 0.3) is 74.8 Å². The average Bonchev–Trinajstić information content (AvgIpc) is 3.69. The van der Waals surface area contributed by atoms with Gasteiger partial charge in [0, 0.05) is 42.3 Å². The zero-order valence-corrected chi connectivity index (χ0v) is 26.2. The van der Waals surface area contributed by atoms with Gasteiger partial charge in [0.05, 0.1) is 5.69 Å². The van der Waals surface area contributed by atoms with Gasteiger partial charge >= 0.3 is 0 Å². The molecule has 0 atom stereocenters. The summed E-state index contributed by atoms with van der Waals surface area (Å²) in [7, 11) is 0. The lowest BCUT2D eigenvalue weighted by atomic mass is 9.98. The van der Waals surface area contributed by atoms with Crippen LogP contribution in [0.5, 0.6) is 0 Å². The fraction of sp³-hybridized carbons (Fsp3) is 0. The highest BCUT2D eigenvalue weighted by Gasteiger charge is 2.22. The highest BCUT2D eigenvalue weighted by molar-refractivity contribution is 7.26. The van der Waals surface area contributed by atoms with Crippen molar-refractivity contribution >= 4 is 92.1 Å². The van der Waals surface area contributed by atoms with E-state index in [2.05, 4.69) is 169 Å². The van der Waals surface area contributed by atoms with Crippen molar-refractivity contribution in [2.75, 3.05) is 4.90 Å². The van der Waals surface area contributed by atoms with E-state index in [1.807, 2.05) is 11.3 Å². The van der Waals surface area contributed by atoms with Gasteiger partial charge in [0.15, 0.2) is 0 Å². The molecule has 0 amide bonds. The normalized spacial score (nSPS) is 11.8. The molecule has 0 radical (unpaired) electrons. The van der Waals surface area contributed by atoms with E-state index in [-0.39, 0.29) is 0 Å². The minimum absolute atomic E-state index is 0.923. The molecule has 0 saturated heterocycles. The largest absolute Gasteiger partial charge is 0.455 e. The van der Waals surface area contributed by atoms with Crippen molar-refractivity contribution in [2.24, 2.45) is 0 Å². The Kier molecular flexibility index (Phi) is 5.78. The third kappa shape index (κ3) is 4.10. The van der Waals surface area contributed by atoms with Crippen molar-refractivity contribution < 1.29 is 4.42 Å². The van der Waals surface area contributed by atoms with Crippen LogP contribution in [-0.4, -0.2) is 0 Å². The highest BCUT2D eigenvalue weighted by atomic mass is 32.1. The number of rotatable bonds is 4. The zero-order chi connectivity index (χ0) is 30.9. The van der Waals surface area contributed by atoms with Crippen LogP contribution in [0.4, 0.5) is 17.1 Å². The summed E-state index contributed by atoms with van der Waals surface area (Å²) in [5.74, 6) is 0. The van der Waals surface area contributed by atoms with Gasteiger partial charge in [-0.05, 0) is 93.3 Å². The van der Waals surface area contributed by atoms with Gasteiger partial charge < -0.3 is 9.32 Å². The quantitative estimate of drug-likeness (QED) is 0.195. The van der Waals surface area contributed by atoms with Crippen LogP contribution in [0.3, 0.4) is 0 Å². The Bertz CT molecular complexity index is 2790. The maximum atomic E-state index is 6.77. The number of benzene rings is 8. The Labute approximate surface area is 275 Å². The molecule has 220 valence electrons. The Morgan fingerprint density at radius 2 is 1.13 bits per heavy atom. The van der Waals surface area contributed by atoms with Gasteiger partial charge in [0.25, 0.3) is 0 Å². The molecule has 10 rings (SSSR count). The average molecular weight is 618 g/mol.